The molecule has 0 spiro atoms. The van der Waals surface area contributed by atoms with E-state index in [-0.39, 0.29) is 6.61 Å². The number of aryl methyl sites for hydroxylation is 1. The zero-order valence-electron chi connectivity index (χ0n) is 10.4. The smallest absolute Gasteiger partial charge is 0.140 e. The first-order chi connectivity index (χ1) is 8.83. The number of aliphatic hydroxyl groups excluding tert-OH is 1. The second kappa shape index (κ2) is 6.52. The number of thiazole rings is 1. The maximum atomic E-state index is 8.84. The van der Waals surface area contributed by atoms with Crippen LogP contribution >= 0.6 is 11.3 Å². The Morgan fingerprint density at radius 3 is 2.94 bits per heavy atom. The van der Waals surface area contributed by atoms with Crippen molar-refractivity contribution in [3.63, 3.8) is 0 Å². The monoisotopic (exact) mass is 263 g/mol. The van der Waals surface area contributed by atoms with Crippen LogP contribution < -0.4 is 4.74 Å². The SMILES string of the molecule is CCc1ccccc1OCc1nc(CCO)cs1. The Morgan fingerprint density at radius 1 is 1.33 bits per heavy atom. The van der Waals surface area contributed by atoms with Gasteiger partial charge in [-0.25, -0.2) is 4.98 Å². The lowest BCUT2D eigenvalue weighted by atomic mass is 10.1. The van der Waals surface area contributed by atoms with Gasteiger partial charge in [0.15, 0.2) is 0 Å². The van der Waals surface area contributed by atoms with Crippen molar-refractivity contribution in [1.82, 2.24) is 4.98 Å². The van der Waals surface area contributed by atoms with Crippen molar-refractivity contribution in [1.29, 1.82) is 0 Å². The lowest BCUT2D eigenvalue weighted by Crippen LogP contribution is -1.98. The molecule has 0 fully saturated rings. The van der Waals surface area contributed by atoms with E-state index in [2.05, 4.69) is 18.0 Å². The molecule has 0 unspecified atom stereocenters. The zero-order valence-corrected chi connectivity index (χ0v) is 11.2. The average Bonchev–Trinajstić information content (AvgIpc) is 2.85. The van der Waals surface area contributed by atoms with E-state index in [0.717, 1.165) is 22.9 Å². The van der Waals surface area contributed by atoms with Gasteiger partial charge in [0.2, 0.25) is 0 Å². The van der Waals surface area contributed by atoms with Gasteiger partial charge in [0, 0.05) is 18.4 Å². The number of hydrogen-bond donors (Lipinski definition) is 1. The number of benzene rings is 1. The molecular formula is C14H17NO2S. The Labute approximate surface area is 111 Å². The summed E-state index contributed by atoms with van der Waals surface area (Å²) in [4.78, 5) is 4.40. The first kappa shape index (κ1) is 13.1. The van der Waals surface area contributed by atoms with Gasteiger partial charge in [0.1, 0.15) is 17.4 Å². The van der Waals surface area contributed by atoms with Crippen LogP contribution in [-0.2, 0) is 19.4 Å². The van der Waals surface area contributed by atoms with Gasteiger partial charge >= 0.3 is 0 Å². The quantitative estimate of drug-likeness (QED) is 0.871. The molecular weight excluding hydrogens is 246 g/mol. The number of aliphatic hydroxyl groups is 1. The average molecular weight is 263 g/mol. The first-order valence-electron chi connectivity index (χ1n) is 6.08. The van der Waals surface area contributed by atoms with Gasteiger partial charge in [-0.1, -0.05) is 25.1 Å². The molecule has 18 heavy (non-hydrogen) atoms. The summed E-state index contributed by atoms with van der Waals surface area (Å²) in [5.74, 6) is 0.930. The molecule has 3 nitrogen and oxygen atoms in total. The van der Waals surface area contributed by atoms with Crippen LogP contribution in [0.2, 0.25) is 0 Å². The van der Waals surface area contributed by atoms with Crippen LogP contribution in [0.1, 0.15) is 23.2 Å². The summed E-state index contributed by atoms with van der Waals surface area (Å²) < 4.78 is 5.79. The van der Waals surface area contributed by atoms with E-state index in [1.165, 1.54) is 5.56 Å². The molecule has 0 atom stereocenters. The summed E-state index contributed by atoms with van der Waals surface area (Å²) in [7, 11) is 0. The molecule has 1 aromatic carbocycles. The third kappa shape index (κ3) is 3.31. The number of nitrogens with zero attached hydrogens (tertiary/aromatic N) is 1. The molecule has 0 saturated heterocycles. The Kier molecular flexibility index (Phi) is 4.73. The van der Waals surface area contributed by atoms with Crippen LogP contribution in [0.4, 0.5) is 0 Å². The summed E-state index contributed by atoms with van der Waals surface area (Å²) in [5.41, 5.74) is 2.15. The molecule has 4 heteroatoms. The van der Waals surface area contributed by atoms with Gasteiger partial charge < -0.3 is 9.84 Å². The third-order valence-electron chi connectivity index (χ3n) is 2.67. The summed E-state index contributed by atoms with van der Waals surface area (Å²) in [5, 5.41) is 11.8. The lowest BCUT2D eigenvalue weighted by Gasteiger charge is -2.08. The number of rotatable bonds is 6. The van der Waals surface area contributed by atoms with Crippen LogP contribution in [0.5, 0.6) is 5.75 Å². The van der Waals surface area contributed by atoms with E-state index in [0.29, 0.717) is 13.0 Å². The third-order valence-corrected chi connectivity index (χ3v) is 3.54. The largest absolute Gasteiger partial charge is 0.486 e. The van der Waals surface area contributed by atoms with E-state index in [9.17, 15) is 0 Å². The molecule has 2 rings (SSSR count). The van der Waals surface area contributed by atoms with E-state index in [4.69, 9.17) is 9.84 Å². The zero-order chi connectivity index (χ0) is 12.8. The minimum atomic E-state index is 0.142. The molecule has 0 aliphatic heterocycles. The van der Waals surface area contributed by atoms with Gasteiger partial charge in [-0.05, 0) is 18.1 Å². The van der Waals surface area contributed by atoms with Gasteiger partial charge in [0.05, 0.1) is 5.69 Å². The summed E-state index contributed by atoms with van der Waals surface area (Å²) >= 11 is 1.57. The number of hydrogen-bond acceptors (Lipinski definition) is 4. The molecule has 0 radical (unpaired) electrons. The number of aromatic nitrogens is 1. The molecule has 96 valence electrons. The topological polar surface area (TPSA) is 42.4 Å². The highest BCUT2D eigenvalue weighted by Gasteiger charge is 2.05. The Balaban J connectivity index is 1.97. The molecule has 2 aromatic rings. The van der Waals surface area contributed by atoms with Crippen LogP contribution in [0.3, 0.4) is 0 Å². The standard InChI is InChI=1S/C14H17NO2S/c1-2-11-5-3-4-6-13(11)17-9-14-15-12(7-8-16)10-18-14/h3-6,10,16H,2,7-9H2,1H3. The normalized spacial score (nSPS) is 10.6. The molecule has 0 saturated carbocycles. The van der Waals surface area contributed by atoms with Crippen molar-refractivity contribution in [2.45, 2.75) is 26.4 Å². The summed E-state index contributed by atoms with van der Waals surface area (Å²) in [6.45, 7) is 2.75. The predicted octanol–water partition coefficient (Wildman–Crippen LogP) is 2.82. The molecule has 0 aliphatic rings. The van der Waals surface area contributed by atoms with Gasteiger partial charge in [-0.3, -0.25) is 0 Å². The van der Waals surface area contributed by atoms with Crippen LogP contribution in [-0.4, -0.2) is 16.7 Å². The minimum Gasteiger partial charge on any atom is -0.486 e. The molecule has 1 N–H and O–H groups in total. The number of para-hydroxylation sites is 1. The maximum Gasteiger partial charge on any atom is 0.140 e. The molecule has 0 bridgehead atoms. The van der Waals surface area contributed by atoms with E-state index >= 15 is 0 Å². The van der Waals surface area contributed by atoms with E-state index in [1.54, 1.807) is 11.3 Å². The minimum absolute atomic E-state index is 0.142. The summed E-state index contributed by atoms with van der Waals surface area (Å²) in [6.07, 6.45) is 1.58. The van der Waals surface area contributed by atoms with Crippen molar-refractivity contribution in [2.75, 3.05) is 6.61 Å². The molecule has 0 aliphatic carbocycles. The highest BCUT2D eigenvalue weighted by Crippen LogP contribution is 2.20. The van der Waals surface area contributed by atoms with Crippen molar-refractivity contribution < 1.29 is 9.84 Å². The van der Waals surface area contributed by atoms with Crippen LogP contribution in [0.15, 0.2) is 29.6 Å². The van der Waals surface area contributed by atoms with Crippen molar-refractivity contribution in [2.24, 2.45) is 0 Å². The van der Waals surface area contributed by atoms with E-state index < -0.39 is 0 Å². The van der Waals surface area contributed by atoms with Crippen LogP contribution in [0, 0.1) is 0 Å². The van der Waals surface area contributed by atoms with Gasteiger partial charge in [0.25, 0.3) is 0 Å². The van der Waals surface area contributed by atoms with Gasteiger partial charge in [-0.2, -0.15) is 0 Å². The van der Waals surface area contributed by atoms with Crippen molar-refractivity contribution >= 4 is 11.3 Å². The molecule has 1 heterocycles. The lowest BCUT2D eigenvalue weighted by molar-refractivity contribution is 0.295. The molecule has 1 aromatic heterocycles. The van der Waals surface area contributed by atoms with Crippen molar-refractivity contribution in [3.8, 4) is 5.75 Å². The fourth-order valence-corrected chi connectivity index (χ4v) is 2.46. The first-order valence-corrected chi connectivity index (χ1v) is 6.96. The fraction of sp³-hybridized carbons (Fsp3) is 0.357. The second-order valence-electron chi connectivity index (χ2n) is 3.96. The Hall–Kier alpha value is -1.39. The van der Waals surface area contributed by atoms with Crippen molar-refractivity contribution in [3.05, 3.63) is 45.9 Å². The predicted molar refractivity (Wildman–Crippen MR) is 73.1 cm³/mol. The number of ether oxygens (including phenoxy) is 1. The Morgan fingerprint density at radius 2 is 2.17 bits per heavy atom. The highest BCUT2D eigenvalue weighted by molar-refractivity contribution is 7.09. The second-order valence-corrected chi connectivity index (χ2v) is 4.90. The Bertz CT molecular complexity index is 496. The maximum absolute atomic E-state index is 8.84. The molecule has 0 amide bonds. The summed E-state index contributed by atoms with van der Waals surface area (Å²) in [6, 6.07) is 8.07. The van der Waals surface area contributed by atoms with E-state index in [1.807, 2.05) is 23.6 Å². The van der Waals surface area contributed by atoms with Gasteiger partial charge in [-0.15, -0.1) is 11.3 Å². The fourth-order valence-electron chi connectivity index (χ4n) is 1.72. The highest BCUT2D eigenvalue weighted by atomic mass is 32.1. The van der Waals surface area contributed by atoms with Crippen LogP contribution in [0.25, 0.3) is 0 Å².